The number of fused-ring (bicyclic) bond motifs is 1. The molecular formula is C31H37N3O4S. The number of thiazole rings is 1. The summed E-state index contributed by atoms with van der Waals surface area (Å²) in [5.74, 6) is -0.227. The third kappa shape index (κ3) is 5.69. The van der Waals surface area contributed by atoms with Crippen molar-refractivity contribution in [2.45, 2.75) is 58.7 Å². The molecule has 3 aromatic rings. The Morgan fingerprint density at radius 1 is 1.21 bits per heavy atom. The fourth-order valence-corrected chi connectivity index (χ4v) is 7.05. The molecule has 39 heavy (non-hydrogen) atoms. The molecule has 1 aromatic heterocycles. The van der Waals surface area contributed by atoms with E-state index in [9.17, 15) is 9.90 Å². The lowest BCUT2D eigenvalue weighted by atomic mass is 9.92. The predicted molar refractivity (Wildman–Crippen MR) is 154 cm³/mol. The average Bonchev–Trinajstić information content (AvgIpc) is 3.65. The number of hydrogen-bond acceptors (Lipinski definition) is 7. The lowest BCUT2D eigenvalue weighted by Gasteiger charge is -2.34. The zero-order valence-corrected chi connectivity index (χ0v) is 23.6. The van der Waals surface area contributed by atoms with E-state index in [4.69, 9.17) is 14.5 Å². The molecule has 206 valence electrons. The van der Waals surface area contributed by atoms with E-state index in [-0.39, 0.29) is 5.92 Å². The summed E-state index contributed by atoms with van der Waals surface area (Å²) in [5.41, 5.74) is 8.45. The number of piperidine rings is 1. The van der Waals surface area contributed by atoms with Gasteiger partial charge < -0.3 is 19.5 Å². The largest absolute Gasteiger partial charge is 0.488 e. The minimum Gasteiger partial charge on any atom is -0.488 e. The summed E-state index contributed by atoms with van der Waals surface area (Å²) in [6.07, 6.45) is 3.81. The minimum atomic E-state index is -0.719. The van der Waals surface area contributed by atoms with Crippen molar-refractivity contribution in [1.29, 1.82) is 0 Å². The molecular weight excluding hydrogens is 510 g/mol. The molecule has 0 bridgehead atoms. The minimum absolute atomic E-state index is 0.330. The first-order chi connectivity index (χ1) is 18.9. The third-order valence-corrected chi connectivity index (χ3v) is 9.32. The number of carboxylic acids is 1. The van der Waals surface area contributed by atoms with Crippen molar-refractivity contribution < 1.29 is 19.4 Å². The van der Waals surface area contributed by atoms with Gasteiger partial charge in [0.1, 0.15) is 12.4 Å². The maximum Gasteiger partial charge on any atom is 0.308 e. The summed E-state index contributed by atoms with van der Waals surface area (Å²) in [5, 5.41) is 12.4. The molecule has 3 aliphatic rings. The Morgan fingerprint density at radius 3 is 2.92 bits per heavy atom. The lowest BCUT2D eigenvalue weighted by Crippen LogP contribution is -2.39. The van der Waals surface area contributed by atoms with Crippen LogP contribution in [0.5, 0.6) is 5.75 Å². The topological polar surface area (TPSA) is 75.1 Å². The molecule has 6 rings (SSSR count). The molecule has 2 atom stereocenters. The van der Waals surface area contributed by atoms with Gasteiger partial charge in [0.05, 0.1) is 18.2 Å². The van der Waals surface area contributed by atoms with E-state index in [2.05, 4.69) is 53.3 Å². The first-order valence-corrected chi connectivity index (χ1v) is 14.9. The molecule has 3 aliphatic heterocycles. The highest BCUT2D eigenvalue weighted by Gasteiger charge is 2.28. The van der Waals surface area contributed by atoms with E-state index in [1.807, 2.05) is 6.07 Å². The van der Waals surface area contributed by atoms with Crippen LogP contribution in [0.2, 0.25) is 0 Å². The molecule has 0 radical (unpaired) electrons. The van der Waals surface area contributed by atoms with Crippen LogP contribution in [0.15, 0.2) is 35.7 Å². The zero-order valence-electron chi connectivity index (χ0n) is 22.8. The van der Waals surface area contributed by atoms with E-state index in [0.717, 1.165) is 86.2 Å². The van der Waals surface area contributed by atoms with Crippen LogP contribution in [0.3, 0.4) is 0 Å². The second-order valence-electron chi connectivity index (χ2n) is 11.2. The molecule has 1 N–H and O–H groups in total. The molecule has 1 unspecified atom stereocenters. The number of aryl methyl sites for hydroxylation is 2. The molecule has 0 spiro atoms. The van der Waals surface area contributed by atoms with Gasteiger partial charge in [0.25, 0.3) is 0 Å². The summed E-state index contributed by atoms with van der Waals surface area (Å²) >= 11 is 1.57. The number of carbonyl (C=O) groups is 1. The molecule has 8 heteroatoms. The smallest absolute Gasteiger partial charge is 0.308 e. The Bertz CT molecular complexity index is 1350. The Labute approximate surface area is 234 Å². The van der Waals surface area contributed by atoms with E-state index in [1.54, 1.807) is 11.3 Å². The molecule has 0 aliphatic carbocycles. The first-order valence-electron chi connectivity index (χ1n) is 14.0. The van der Waals surface area contributed by atoms with Crippen LogP contribution >= 0.6 is 11.3 Å². The van der Waals surface area contributed by atoms with Crippen LogP contribution in [-0.4, -0.2) is 59.8 Å². The Hall–Kier alpha value is -2.94. The molecule has 4 heterocycles. The van der Waals surface area contributed by atoms with Gasteiger partial charge in [-0.05, 0) is 73.9 Å². The maximum atomic E-state index is 11.5. The van der Waals surface area contributed by atoms with Crippen LogP contribution in [0, 0.1) is 19.8 Å². The number of ether oxygens (including phenoxy) is 2. The van der Waals surface area contributed by atoms with Gasteiger partial charge in [-0.2, -0.15) is 0 Å². The Morgan fingerprint density at radius 2 is 2.10 bits per heavy atom. The lowest BCUT2D eigenvalue weighted by molar-refractivity contribution is -0.141. The second-order valence-corrected chi connectivity index (χ2v) is 12.1. The van der Waals surface area contributed by atoms with Crippen LogP contribution in [0.4, 0.5) is 5.13 Å². The van der Waals surface area contributed by atoms with Gasteiger partial charge in [-0.15, -0.1) is 11.3 Å². The van der Waals surface area contributed by atoms with Gasteiger partial charge in [0.2, 0.25) is 0 Å². The van der Waals surface area contributed by atoms with E-state index >= 15 is 0 Å². The normalized spacial score (nSPS) is 21.6. The number of benzene rings is 2. The van der Waals surface area contributed by atoms with Crippen molar-refractivity contribution in [3.8, 4) is 17.0 Å². The summed E-state index contributed by atoms with van der Waals surface area (Å²) in [6, 6.07) is 11.4. The number of aliphatic carboxylic acids is 1. The van der Waals surface area contributed by atoms with Gasteiger partial charge >= 0.3 is 5.97 Å². The zero-order chi connectivity index (χ0) is 26.9. The fraction of sp³-hybridized carbons (Fsp3) is 0.484. The molecule has 0 saturated carbocycles. The third-order valence-electron chi connectivity index (χ3n) is 8.42. The fourth-order valence-electron chi connectivity index (χ4n) is 6.19. The van der Waals surface area contributed by atoms with Crippen molar-refractivity contribution in [2.24, 2.45) is 5.92 Å². The summed E-state index contributed by atoms with van der Waals surface area (Å²) in [6.45, 7) is 10.0. The monoisotopic (exact) mass is 547 g/mol. The maximum absolute atomic E-state index is 11.5. The molecule has 0 amide bonds. The number of rotatable bonds is 7. The summed E-state index contributed by atoms with van der Waals surface area (Å²) in [7, 11) is 0. The summed E-state index contributed by atoms with van der Waals surface area (Å²) in [4.78, 5) is 21.2. The number of aromatic nitrogens is 1. The number of anilines is 1. The number of nitrogens with zero attached hydrogens (tertiary/aromatic N) is 3. The van der Waals surface area contributed by atoms with Crippen LogP contribution in [0.1, 0.15) is 47.1 Å². The highest BCUT2D eigenvalue weighted by Crippen LogP contribution is 2.36. The van der Waals surface area contributed by atoms with Gasteiger partial charge in [-0.1, -0.05) is 23.8 Å². The van der Waals surface area contributed by atoms with Gasteiger partial charge in [-0.3, -0.25) is 9.69 Å². The molecule has 2 saturated heterocycles. The number of hydrogen-bond donors (Lipinski definition) is 1. The quantitative estimate of drug-likeness (QED) is 0.421. The number of carboxylic acid groups (broad SMARTS) is 1. The SMILES string of the molecule is Cc1ccc(OCc2cc(C)c3c(c2)CCN(C2CCOC2)C3)c(-c2csc(N3CCC[C@H](C(=O)O)C3)n2)c1. The van der Waals surface area contributed by atoms with E-state index in [1.165, 1.54) is 22.3 Å². The van der Waals surface area contributed by atoms with Crippen molar-refractivity contribution in [1.82, 2.24) is 9.88 Å². The van der Waals surface area contributed by atoms with Crippen LogP contribution in [0.25, 0.3) is 11.3 Å². The van der Waals surface area contributed by atoms with E-state index in [0.29, 0.717) is 19.2 Å². The average molecular weight is 548 g/mol. The molecule has 2 aromatic carbocycles. The first kappa shape index (κ1) is 26.3. The molecule has 7 nitrogen and oxygen atoms in total. The van der Waals surface area contributed by atoms with Crippen LogP contribution in [-0.2, 0) is 29.1 Å². The Balaban J connectivity index is 1.17. The summed E-state index contributed by atoms with van der Waals surface area (Å²) < 4.78 is 12.1. The second kappa shape index (κ2) is 11.3. The van der Waals surface area contributed by atoms with Crippen LogP contribution < -0.4 is 9.64 Å². The highest BCUT2D eigenvalue weighted by atomic mass is 32.1. The van der Waals surface area contributed by atoms with Gasteiger partial charge in [0, 0.05) is 49.8 Å². The van der Waals surface area contributed by atoms with Crippen molar-refractivity contribution in [3.05, 3.63) is 63.5 Å². The molecule has 2 fully saturated rings. The Kier molecular flexibility index (Phi) is 7.60. The van der Waals surface area contributed by atoms with Gasteiger partial charge in [-0.25, -0.2) is 4.98 Å². The predicted octanol–water partition coefficient (Wildman–Crippen LogP) is 5.45. The van der Waals surface area contributed by atoms with Gasteiger partial charge in [0.15, 0.2) is 5.13 Å². The van der Waals surface area contributed by atoms with E-state index < -0.39 is 5.97 Å². The van der Waals surface area contributed by atoms with Crippen molar-refractivity contribution in [3.63, 3.8) is 0 Å². The standard InChI is InChI=1S/C31H37N3O4S/c1-20-5-6-29(26(12-20)28-19-39-31(32-28)34-9-3-4-24(15-34)30(35)36)38-17-22-13-21(2)27-16-33(10-7-23(27)14-22)25-8-11-37-18-25/h5-6,12-14,19,24-25H,3-4,7-11,15-18H2,1-2H3,(H,35,36)/t24-,25?/m0/s1. The highest BCUT2D eigenvalue weighted by molar-refractivity contribution is 7.14. The van der Waals surface area contributed by atoms with Crippen molar-refractivity contribution in [2.75, 3.05) is 37.7 Å². The van der Waals surface area contributed by atoms with Crippen molar-refractivity contribution >= 4 is 22.4 Å².